The highest BCUT2D eigenvalue weighted by Crippen LogP contribution is 2.38. The molecule has 0 atom stereocenters. The Hall–Kier alpha value is -0.820. The van der Waals surface area contributed by atoms with E-state index in [1.807, 2.05) is 0 Å². The van der Waals surface area contributed by atoms with Crippen LogP contribution in [0.2, 0.25) is 0 Å². The molecule has 1 rings (SSSR count). The number of piperidine rings is 1. The van der Waals surface area contributed by atoms with E-state index in [1.54, 1.807) is 7.05 Å². The number of hydrogen-bond acceptors (Lipinski definition) is 3. The van der Waals surface area contributed by atoms with Gasteiger partial charge in [0.15, 0.2) is 5.60 Å². The van der Waals surface area contributed by atoms with Crippen LogP contribution >= 0.6 is 0 Å². The van der Waals surface area contributed by atoms with Crippen molar-refractivity contribution in [2.24, 2.45) is 0 Å². The molecule has 0 bridgehead atoms. The number of likely N-dealkylation sites (N-methyl/N-ethyl adjacent to an activating group) is 1. The normalized spacial score (nSPS) is 20.9. The molecule has 0 aromatic carbocycles. The Morgan fingerprint density at radius 3 is 2.31 bits per heavy atom. The summed E-state index contributed by atoms with van der Waals surface area (Å²) in [6.45, 7) is -0.0164. The number of carbonyl (C=O) groups excluding carboxylic acids is 1. The van der Waals surface area contributed by atoms with E-state index >= 15 is 0 Å². The second-order valence-electron chi connectivity index (χ2n) is 3.94. The Kier molecular flexibility index (Phi) is 3.80. The Balaban J connectivity index is 2.54. The van der Waals surface area contributed by atoms with Crippen molar-refractivity contribution in [3.63, 3.8) is 0 Å². The van der Waals surface area contributed by atoms with Gasteiger partial charge in [0, 0.05) is 25.9 Å². The summed E-state index contributed by atoms with van der Waals surface area (Å²) in [7, 11) is 1.59. The van der Waals surface area contributed by atoms with E-state index in [1.165, 1.54) is 4.90 Å². The predicted octanol–water partition coefficient (Wildman–Crippen LogP) is 0.122. The lowest BCUT2D eigenvalue weighted by Gasteiger charge is -2.39. The number of carbonyl (C=O) groups is 1. The zero-order valence-corrected chi connectivity index (χ0v) is 8.97. The molecule has 2 N–H and O–H groups in total. The van der Waals surface area contributed by atoms with E-state index in [2.05, 4.69) is 5.32 Å². The standard InChI is InChI=1S/C9H15F3N2O2/c1-13-6-7(15)14-4-2-8(16,3-5-14)9(10,11)12/h13,16H,2-6H2,1H3. The van der Waals surface area contributed by atoms with E-state index in [0.29, 0.717) is 0 Å². The maximum Gasteiger partial charge on any atom is 0.417 e. The number of alkyl halides is 3. The second-order valence-corrected chi connectivity index (χ2v) is 3.94. The minimum atomic E-state index is -4.62. The summed E-state index contributed by atoms with van der Waals surface area (Å²) in [5.74, 6) is -0.244. The molecule has 1 heterocycles. The Bertz CT molecular complexity index is 260. The highest BCUT2D eigenvalue weighted by molar-refractivity contribution is 5.78. The molecule has 0 saturated carbocycles. The maximum absolute atomic E-state index is 12.4. The average Bonchev–Trinajstić information content (AvgIpc) is 2.17. The van der Waals surface area contributed by atoms with Crippen molar-refractivity contribution < 1.29 is 23.1 Å². The average molecular weight is 240 g/mol. The Morgan fingerprint density at radius 2 is 1.94 bits per heavy atom. The lowest BCUT2D eigenvalue weighted by molar-refractivity contribution is -0.272. The molecule has 1 aliphatic heterocycles. The molecule has 1 amide bonds. The third-order valence-electron chi connectivity index (χ3n) is 2.80. The van der Waals surface area contributed by atoms with Crippen LogP contribution in [0.3, 0.4) is 0 Å². The van der Waals surface area contributed by atoms with Crippen molar-refractivity contribution >= 4 is 5.91 Å². The first-order valence-electron chi connectivity index (χ1n) is 5.01. The summed E-state index contributed by atoms with van der Waals surface area (Å²) in [6, 6.07) is 0. The lowest BCUT2D eigenvalue weighted by Crippen LogP contribution is -2.55. The first-order chi connectivity index (χ1) is 7.30. The molecule has 0 aliphatic carbocycles. The first-order valence-corrected chi connectivity index (χ1v) is 5.01. The van der Waals surface area contributed by atoms with Crippen LogP contribution in [0.1, 0.15) is 12.8 Å². The minimum absolute atomic E-state index is 0.0590. The van der Waals surface area contributed by atoms with Gasteiger partial charge in [0.1, 0.15) is 0 Å². The van der Waals surface area contributed by atoms with Gasteiger partial charge in [-0.1, -0.05) is 0 Å². The molecule has 1 saturated heterocycles. The molecule has 0 spiro atoms. The molecular formula is C9H15F3N2O2. The van der Waals surface area contributed by atoms with Gasteiger partial charge in [0.05, 0.1) is 6.54 Å². The van der Waals surface area contributed by atoms with Crippen molar-refractivity contribution in [3.05, 3.63) is 0 Å². The molecule has 16 heavy (non-hydrogen) atoms. The summed E-state index contributed by atoms with van der Waals surface area (Å²) in [4.78, 5) is 12.7. The van der Waals surface area contributed by atoms with Gasteiger partial charge in [-0.05, 0) is 7.05 Å². The lowest BCUT2D eigenvalue weighted by atomic mass is 9.91. The fourth-order valence-corrected chi connectivity index (χ4v) is 1.67. The van der Waals surface area contributed by atoms with Crippen LogP contribution < -0.4 is 5.32 Å². The second kappa shape index (κ2) is 4.58. The van der Waals surface area contributed by atoms with E-state index in [0.717, 1.165) is 0 Å². The topological polar surface area (TPSA) is 52.6 Å². The van der Waals surface area contributed by atoms with Crippen LogP contribution in [0.25, 0.3) is 0 Å². The van der Waals surface area contributed by atoms with Crippen molar-refractivity contribution in [1.29, 1.82) is 0 Å². The largest absolute Gasteiger partial charge is 0.417 e. The zero-order valence-electron chi connectivity index (χ0n) is 8.97. The van der Waals surface area contributed by atoms with Crippen LogP contribution in [-0.2, 0) is 4.79 Å². The van der Waals surface area contributed by atoms with Gasteiger partial charge < -0.3 is 15.3 Å². The van der Waals surface area contributed by atoms with Crippen LogP contribution in [0.15, 0.2) is 0 Å². The van der Waals surface area contributed by atoms with Crippen LogP contribution in [0, 0.1) is 0 Å². The zero-order chi connectivity index (χ0) is 12.4. The van der Waals surface area contributed by atoms with Gasteiger partial charge in [-0.2, -0.15) is 13.2 Å². The van der Waals surface area contributed by atoms with E-state index in [4.69, 9.17) is 0 Å². The third-order valence-corrected chi connectivity index (χ3v) is 2.80. The summed E-state index contributed by atoms with van der Waals surface area (Å²) in [6.07, 6.45) is -5.52. The quantitative estimate of drug-likeness (QED) is 0.721. The van der Waals surface area contributed by atoms with Crippen LogP contribution in [0.5, 0.6) is 0 Å². The van der Waals surface area contributed by atoms with E-state index < -0.39 is 24.6 Å². The summed E-state index contributed by atoms with van der Waals surface area (Å²) < 4.78 is 37.3. The maximum atomic E-state index is 12.4. The Labute approximate surface area is 91.4 Å². The molecular weight excluding hydrogens is 225 g/mol. The number of rotatable bonds is 2. The monoisotopic (exact) mass is 240 g/mol. The first kappa shape index (κ1) is 13.2. The number of nitrogens with zero attached hydrogens (tertiary/aromatic N) is 1. The number of halogens is 3. The van der Waals surface area contributed by atoms with Gasteiger partial charge in [-0.25, -0.2) is 0 Å². The molecule has 1 aliphatic rings. The van der Waals surface area contributed by atoms with Crippen molar-refractivity contribution in [2.45, 2.75) is 24.6 Å². The molecule has 1 fully saturated rings. The molecule has 0 aromatic rings. The van der Waals surface area contributed by atoms with E-state index in [-0.39, 0.29) is 25.5 Å². The molecule has 0 radical (unpaired) electrons. The van der Waals surface area contributed by atoms with Gasteiger partial charge >= 0.3 is 6.18 Å². The highest BCUT2D eigenvalue weighted by Gasteiger charge is 2.54. The minimum Gasteiger partial charge on any atom is -0.380 e. The fourth-order valence-electron chi connectivity index (χ4n) is 1.67. The number of likely N-dealkylation sites (tertiary alicyclic amines) is 1. The number of nitrogens with one attached hydrogen (secondary N) is 1. The highest BCUT2D eigenvalue weighted by atomic mass is 19.4. The summed E-state index contributed by atoms with van der Waals surface area (Å²) in [5, 5.41) is 12.0. The van der Waals surface area contributed by atoms with Gasteiger partial charge in [-0.15, -0.1) is 0 Å². The van der Waals surface area contributed by atoms with Crippen LogP contribution in [-0.4, -0.2) is 54.4 Å². The van der Waals surface area contributed by atoms with Crippen molar-refractivity contribution in [2.75, 3.05) is 26.7 Å². The smallest absolute Gasteiger partial charge is 0.380 e. The summed E-state index contributed by atoms with van der Waals surface area (Å²) in [5.41, 5.74) is -2.64. The van der Waals surface area contributed by atoms with Gasteiger partial charge in [-0.3, -0.25) is 4.79 Å². The molecule has 4 nitrogen and oxygen atoms in total. The number of aliphatic hydroxyl groups is 1. The third kappa shape index (κ3) is 2.65. The van der Waals surface area contributed by atoms with Gasteiger partial charge in [0.2, 0.25) is 5.91 Å². The molecule has 7 heteroatoms. The SMILES string of the molecule is CNCC(=O)N1CCC(O)(C(F)(F)F)CC1. The summed E-state index contributed by atoms with van der Waals surface area (Å²) >= 11 is 0. The van der Waals surface area contributed by atoms with Crippen LogP contribution in [0.4, 0.5) is 13.2 Å². The number of amides is 1. The molecule has 94 valence electrons. The molecule has 0 aromatic heterocycles. The Morgan fingerprint density at radius 1 is 1.44 bits per heavy atom. The molecule has 0 unspecified atom stereocenters. The van der Waals surface area contributed by atoms with Gasteiger partial charge in [0.25, 0.3) is 0 Å². The van der Waals surface area contributed by atoms with E-state index in [9.17, 15) is 23.1 Å². The van der Waals surface area contributed by atoms with Crippen molar-refractivity contribution in [1.82, 2.24) is 10.2 Å². The number of hydrogen-bond donors (Lipinski definition) is 2. The fraction of sp³-hybridized carbons (Fsp3) is 0.889. The predicted molar refractivity (Wildman–Crippen MR) is 50.7 cm³/mol. The van der Waals surface area contributed by atoms with Crippen molar-refractivity contribution in [3.8, 4) is 0 Å².